The van der Waals surface area contributed by atoms with Gasteiger partial charge in [-0.25, -0.2) is 8.91 Å². The van der Waals surface area contributed by atoms with Crippen LogP contribution in [0, 0.1) is 5.82 Å². The van der Waals surface area contributed by atoms with Crippen molar-refractivity contribution in [3.05, 3.63) is 102 Å². The number of halogens is 1. The Hall–Kier alpha value is -4.96. The Bertz CT molecular complexity index is 1700. The van der Waals surface area contributed by atoms with Crippen molar-refractivity contribution in [2.24, 2.45) is 0 Å². The molecule has 1 amide bonds. The second-order valence-corrected chi connectivity index (χ2v) is 10.3. The molecule has 0 saturated carbocycles. The minimum Gasteiger partial charge on any atom is -0.494 e. The molecule has 3 aromatic carbocycles. The molecule has 3 heterocycles. The number of rotatable bonds is 8. The SMILES string of the molecule is COc1cc(N2CCN(C)CC2)ccc1Nc1nc2ccc(-c3ccc(C(=O)NCc4ccc(F)cc4)cc3)cn2n1. The van der Waals surface area contributed by atoms with Gasteiger partial charge in [-0.2, -0.15) is 4.98 Å². The normalized spacial score (nSPS) is 13.7. The molecule has 0 aliphatic carbocycles. The average Bonchev–Trinajstić information content (AvgIpc) is 3.43. The zero-order valence-corrected chi connectivity index (χ0v) is 23.5. The van der Waals surface area contributed by atoms with Crippen LogP contribution >= 0.6 is 0 Å². The van der Waals surface area contributed by atoms with Gasteiger partial charge >= 0.3 is 0 Å². The van der Waals surface area contributed by atoms with Crippen LogP contribution in [-0.2, 0) is 6.54 Å². The highest BCUT2D eigenvalue weighted by molar-refractivity contribution is 5.94. The van der Waals surface area contributed by atoms with Crippen LogP contribution in [0.15, 0.2) is 85.1 Å². The molecule has 0 unspecified atom stereocenters. The molecular formula is C32H32FN7O2. The molecule has 42 heavy (non-hydrogen) atoms. The van der Waals surface area contributed by atoms with Crippen LogP contribution in [0.4, 0.5) is 21.7 Å². The summed E-state index contributed by atoms with van der Waals surface area (Å²) in [5.41, 5.74) is 5.88. The summed E-state index contributed by atoms with van der Waals surface area (Å²) in [5, 5.41) is 10.8. The second kappa shape index (κ2) is 11.9. The lowest BCUT2D eigenvalue weighted by molar-refractivity contribution is 0.0951. The van der Waals surface area contributed by atoms with Gasteiger partial charge in [0.05, 0.1) is 12.8 Å². The predicted octanol–water partition coefficient (Wildman–Crippen LogP) is 4.97. The third-order valence-corrected chi connectivity index (χ3v) is 7.48. The van der Waals surface area contributed by atoms with Crippen LogP contribution in [0.1, 0.15) is 15.9 Å². The number of pyridine rings is 1. The molecule has 0 spiro atoms. The number of nitrogens with zero attached hydrogens (tertiary/aromatic N) is 5. The summed E-state index contributed by atoms with van der Waals surface area (Å²) < 4.78 is 20.5. The third-order valence-electron chi connectivity index (χ3n) is 7.48. The van der Waals surface area contributed by atoms with Gasteiger partial charge in [-0.3, -0.25) is 4.79 Å². The number of likely N-dealkylation sites (N-methyl/N-ethyl adjacent to an activating group) is 1. The number of carbonyl (C=O) groups is 1. The Morgan fingerprint density at radius 1 is 0.929 bits per heavy atom. The van der Waals surface area contributed by atoms with E-state index >= 15 is 0 Å². The number of fused-ring (bicyclic) bond motifs is 1. The van der Waals surface area contributed by atoms with Crippen molar-refractivity contribution in [1.29, 1.82) is 0 Å². The largest absolute Gasteiger partial charge is 0.494 e. The molecule has 6 rings (SSSR count). The Morgan fingerprint density at radius 2 is 1.67 bits per heavy atom. The summed E-state index contributed by atoms with van der Waals surface area (Å²) in [5.74, 6) is 0.697. The highest BCUT2D eigenvalue weighted by Crippen LogP contribution is 2.32. The first-order chi connectivity index (χ1) is 20.4. The first-order valence-corrected chi connectivity index (χ1v) is 13.8. The van der Waals surface area contributed by atoms with E-state index in [0.717, 1.165) is 60.0 Å². The fraction of sp³-hybridized carbons (Fsp3) is 0.219. The monoisotopic (exact) mass is 565 g/mol. The summed E-state index contributed by atoms with van der Waals surface area (Å²) in [6.45, 7) is 4.36. The van der Waals surface area contributed by atoms with Crippen molar-refractivity contribution >= 4 is 28.9 Å². The van der Waals surface area contributed by atoms with E-state index in [9.17, 15) is 9.18 Å². The standard InChI is InChI=1S/C32H32FN7O2/c1-38-15-17-39(18-16-38)27-12-13-28(29(19-27)42-2)35-32-36-30-14-9-25(21-40(30)37-32)23-5-7-24(8-6-23)31(41)34-20-22-3-10-26(33)11-4-22/h3-14,19,21H,15-18,20H2,1-2H3,(H,34,41)(H,35,37). The maximum absolute atomic E-state index is 13.1. The van der Waals surface area contributed by atoms with Gasteiger partial charge in [0.15, 0.2) is 5.65 Å². The molecule has 1 fully saturated rings. The zero-order valence-electron chi connectivity index (χ0n) is 23.5. The van der Waals surface area contributed by atoms with Crippen LogP contribution in [0.2, 0.25) is 0 Å². The number of benzene rings is 3. The van der Waals surface area contributed by atoms with Gasteiger partial charge in [0.2, 0.25) is 5.95 Å². The van der Waals surface area contributed by atoms with E-state index in [2.05, 4.69) is 43.6 Å². The molecule has 10 heteroatoms. The Labute approximate surface area is 243 Å². The van der Waals surface area contributed by atoms with Gasteiger partial charge in [0, 0.05) is 61.8 Å². The zero-order chi connectivity index (χ0) is 29.1. The first kappa shape index (κ1) is 27.2. The van der Waals surface area contributed by atoms with E-state index in [-0.39, 0.29) is 11.7 Å². The number of amides is 1. The Kier molecular flexibility index (Phi) is 7.70. The van der Waals surface area contributed by atoms with Crippen LogP contribution in [0.5, 0.6) is 5.75 Å². The van der Waals surface area contributed by atoms with Gasteiger partial charge in [-0.1, -0.05) is 24.3 Å². The van der Waals surface area contributed by atoms with E-state index < -0.39 is 0 Å². The minimum absolute atomic E-state index is 0.194. The average molecular weight is 566 g/mol. The van der Waals surface area contributed by atoms with Crippen LogP contribution < -0.4 is 20.3 Å². The number of anilines is 3. The summed E-state index contributed by atoms with van der Waals surface area (Å²) in [4.78, 5) is 21.9. The van der Waals surface area contributed by atoms with Gasteiger partial charge in [0.25, 0.3) is 5.91 Å². The van der Waals surface area contributed by atoms with E-state index in [0.29, 0.717) is 23.7 Å². The molecule has 5 aromatic rings. The van der Waals surface area contributed by atoms with Crippen molar-refractivity contribution in [2.45, 2.75) is 6.54 Å². The van der Waals surface area contributed by atoms with E-state index in [1.807, 2.05) is 42.6 Å². The van der Waals surface area contributed by atoms with Gasteiger partial charge in [0.1, 0.15) is 11.6 Å². The number of aromatic nitrogens is 3. The van der Waals surface area contributed by atoms with Gasteiger partial charge in [-0.15, -0.1) is 5.10 Å². The van der Waals surface area contributed by atoms with Gasteiger partial charge in [-0.05, 0) is 66.7 Å². The predicted molar refractivity (Wildman–Crippen MR) is 162 cm³/mol. The summed E-state index contributed by atoms with van der Waals surface area (Å²) in [6.07, 6.45) is 1.91. The van der Waals surface area contributed by atoms with Crippen LogP contribution in [0.3, 0.4) is 0 Å². The minimum atomic E-state index is -0.302. The highest BCUT2D eigenvalue weighted by Gasteiger charge is 2.17. The summed E-state index contributed by atoms with van der Waals surface area (Å²) in [7, 11) is 3.81. The molecule has 9 nitrogen and oxygen atoms in total. The van der Waals surface area contributed by atoms with Crippen LogP contribution in [0.25, 0.3) is 16.8 Å². The highest BCUT2D eigenvalue weighted by atomic mass is 19.1. The second-order valence-electron chi connectivity index (χ2n) is 10.3. The molecule has 1 aliphatic rings. The topological polar surface area (TPSA) is 87.0 Å². The van der Waals surface area contributed by atoms with Crippen molar-refractivity contribution < 1.29 is 13.9 Å². The Balaban J connectivity index is 1.13. The van der Waals surface area contributed by atoms with Crippen molar-refractivity contribution in [1.82, 2.24) is 24.8 Å². The summed E-state index contributed by atoms with van der Waals surface area (Å²) >= 11 is 0. The number of hydrogen-bond acceptors (Lipinski definition) is 7. The molecule has 0 atom stereocenters. The number of carbonyl (C=O) groups excluding carboxylic acids is 1. The molecule has 1 saturated heterocycles. The number of hydrogen-bond donors (Lipinski definition) is 2. The Morgan fingerprint density at radius 3 is 2.40 bits per heavy atom. The number of ether oxygens (including phenoxy) is 1. The fourth-order valence-corrected chi connectivity index (χ4v) is 4.97. The van der Waals surface area contributed by atoms with E-state index in [1.165, 1.54) is 12.1 Å². The van der Waals surface area contributed by atoms with Gasteiger partial charge < -0.3 is 25.2 Å². The molecule has 2 aromatic heterocycles. The van der Waals surface area contributed by atoms with E-state index in [1.54, 1.807) is 35.9 Å². The number of piperazine rings is 1. The van der Waals surface area contributed by atoms with Crippen molar-refractivity contribution in [3.8, 4) is 16.9 Å². The smallest absolute Gasteiger partial charge is 0.251 e. The molecule has 214 valence electrons. The molecule has 1 aliphatic heterocycles. The van der Waals surface area contributed by atoms with Crippen molar-refractivity contribution in [3.63, 3.8) is 0 Å². The van der Waals surface area contributed by atoms with Crippen molar-refractivity contribution in [2.75, 3.05) is 50.6 Å². The maximum Gasteiger partial charge on any atom is 0.251 e. The van der Waals surface area contributed by atoms with E-state index in [4.69, 9.17) is 4.74 Å². The quantitative estimate of drug-likeness (QED) is 0.275. The number of nitrogens with one attached hydrogen (secondary N) is 2. The molecule has 2 N–H and O–H groups in total. The fourth-order valence-electron chi connectivity index (χ4n) is 4.97. The molecule has 0 radical (unpaired) electrons. The molecular weight excluding hydrogens is 533 g/mol. The lowest BCUT2D eigenvalue weighted by Crippen LogP contribution is -2.44. The first-order valence-electron chi connectivity index (χ1n) is 13.8. The molecule has 0 bridgehead atoms. The third kappa shape index (κ3) is 6.03. The lowest BCUT2D eigenvalue weighted by Gasteiger charge is -2.34. The maximum atomic E-state index is 13.1. The van der Waals surface area contributed by atoms with Crippen LogP contribution in [-0.4, -0.2) is 65.7 Å². The number of methoxy groups -OCH3 is 1. The lowest BCUT2D eigenvalue weighted by atomic mass is 10.1. The summed E-state index contributed by atoms with van der Waals surface area (Å²) in [6, 6.07) is 23.5.